The molecule has 2 unspecified atom stereocenters. The Morgan fingerprint density at radius 2 is 2.09 bits per heavy atom. The highest BCUT2D eigenvalue weighted by Gasteiger charge is 2.63. The molecule has 0 aromatic heterocycles. The van der Waals surface area contributed by atoms with Crippen LogP contribution in [0.15, 0.2) is 12.7 Å². The first-order valence-electron chi connectivity index (χ1n) is 7.63. The number of esters is 1. The molecule has 2 rings (SSSR count). The summed E-state index contributed by atoms with van der Waals surface area (Å²) in [6.45, 7) is 9.91. The second-order valence-corrected chi connectivity index (χ2v) is 7.84. The van der Waals surface area contributed by atoms with Crippen LogP contribution >= 0.6 is 11.8 Å². The molecule has 0 aromatic rings. The van der Waals surface area contributed by atoms with E-state index in [1.807, 2.05) is 5.40 Å². The molecule has 2 saturated carbocycles. The van der Waals surface area contributed by atoms with Gasteiger partial charge in [0.2, 0.25) is 0 Å². The van der Waals surface area contributed by atoms with Gasteiger partial charge < -0.3 is 9.84 Å². The number of thioether (sulfide) groups is 1. The number of rotatable bonds is 4. The lowest BCUT2D eigenvalue weighted by atomic mass is 9.66. The van der Waals surface area contributed by atoms with Crippen LogP contribution in [0.1, 0.15) is 40.0 Å². The molecular weight excluding hydrogens is 314 g/mol. The fourth-order valence-corrected chi connectivity index (χ4v) is 4.96. The molecule has 2 aliphatic carbocycles. The molecule has 6 heteroatoms. The first-order chi connectivity index (χ1) is 10.7. The third kappa shape index (κ3) is 3.55. The Morgan fingerprint density at radius 3 is 2.35 bits per heavy atom. The van der Waals surface area contributed by atoms with Crippen LogP contribution in [0.2, 0.25) is 0 Å². The fraction of sp³-hybridized carbons (Fsp3) is 0.706. The molecular formula is C17H25NO4S. The Hall–Kier alpha value is -1.48. The van der Waals surface area contributed by atoms with Gasteiger partial charge >= 0.3 is 11.9 Å². The lowest BCUT2D eigenvalue weighted by molar-refractivity contribution is -0.138. The van der Waals surface area contributed by atoms with Crippen molar-refractivity contribution in [2.24, 2.45) is 22.7 Å². The third-order valence-corrected chi connectivity index (χ3v) is 6.91. The van der Waals surface area contributed by atoms with Gasteiger partial charge in [-0.05, 0) is 53.7 Å². The van der Waals surface area contributed by atoms with E-state index in [0.29, 0.717) is 5.92 Å². The molecule has 2 fully saturated rings. The maximum absolute atomic E-state index is 11.3. The van der Waals surface area contributed by atoms with Crippen molar-refractivity contribution < 1.29 is 19.4 Å². The van der Waals surface area contributed by atoms with Gasteiger partial charge in [-0.3, -0.25) is 4.79 Å². The number of thiocyanates is 1. The number of carbonyl (C=O) groups is 2. The number of nitriles is 1. The minimum absolute atomic E-state index is 0.0740. The number of hydrogen-bond donors (Lipinski definition) is 1. The number of carboxylic acids is 1. The summed E-state index contributed by atoms with van der Waals surface area (Å²) >= 11 is 0.927. The molecule has 1 N–H and O–H groups in total. The molecule has 0 heterocycles. The monoisotopic (exact) mass is 339 g/mol. The van der Waals surface area contributed by atoms with Crippen molar-refractivity contribution in [3.8, 4) is 5.40 Å². The second-order valence-electron chi connectivity index (χ2n) is 6.91. The summed E-state index contributed by atoms with van der Waals surface area (Å²) < 4.78 is 4.14. The van der Waals surface area contributed by atoms with Crippen molar-refractivity contribution in [3.63, 3.8) is 0 Å². The number of ether oxygens (including phenoxy) is 1. The summed E-state index contributed by atoms with van der Waals surface area (Å²) in [6, 6.07) is 0. The van der Waals surface area contributed by atoms with Crippen molar-refractivity contribution in [1.82, 2.24) is 0 Å². The van der Waals surface area contributed by atoms with Gasteiger partial charge in [0, 0.05) is 6.08 Å². The van der Waals surface area contributed by atoms with Crippen LogP contribution in [-0.4, -0.2) is 29.4 Å². The van der Waals surface area contributed by atoms with E-state index < -0.39 is 17.2 Å². The van der Waals surface area contributed by atoms with Gasteiger partial charge in [0.15, 0.2) is 0 Å². The summed E-state index contributed by atoms with van der Waals surface area (Å²) in [7, 11) is 1.31. The molecule has 0 saturated heterocycles. The lowest BCUT2D eigenvalue weighted by Gasteiger charge is -2.40. The van der Waals surface area contributed by atoms with Gasteiger partial charge in [0.05, 0.1) is 7.11 Å². The normalized spacial score (nSPS) is 31.3. The van der Waals surface area contributed by atoms with E-state index in [4.69, 9.17) is 5.26 Å². The van der Waals surface area contributed by atoms with Crippen LogP contribution in [0.25, 0.3) is 0 Å². The molecule has 0 radical (unpaired) electrons. The summed E-state index contributed by atoms with van der Waals surface area (Å²) in [5, 5.41) is 19.5. The van der Waals surface area contributed by atoms with Crippen molar-refractivity contribution in [2.75, 3.05) is 7.11 Å². The number of fused-ring (bicyclic) bond motifs is 2. The third-order valence-electron chi connectivity index (χ3n) is 6.02. The van der Waals surface area contributed by atoms with Crippen LogP contribution in [0.3, 0.4) is 0 Å². The summed E-state index contributed by atoms with van der Waals surface area (Å²) in [5.41, 5.74) is 0.284. The van der Waals surface area contributed by atoms with E-state index in [1.54, 1.807) is 0 Å². The van der Waals surface area contributed by atoms with Crippen LogP contribution in [-0.2, 0) is 14.3 Å². The molecule has 0 aliphatic heterocycles. The quantitative estimate of drug-likeness (QED) is 0.479. The summed E-state index contributed by atoms with van der Waals surface area (Å²) in [6.07, 6.45) is 4.39. The van der Waals surface area contributed by atoms with Gasteiger partial charge in [-0.1, -0.05) is 27.4 Å². The molecule has 2 aliphatic rings. The molecule has 0 spiro atoms. The van der Waals surface area contributed by atoms with E-state index in [0.717, 1.165) is 30.7 Å². The number of hydrogen-bond acceptors (Lipinski definition) is 5. The predicted octanol–water partition coefficient (Wildman–Crippen LogP) is 3.46. The lowest BCUT2D eigenvalue weighted by Crippen LogP contribution is -2.40. The van der Waals surface area contributed by atoms with Gasteiger partial charge in [0.25, 0.3) is 0 Å². The Balaban J connectivity index is 0.000000379. The average molecular weight is 339 g/mol. The Kier molecular flexibility index (Phi) is 6.29. The predicted molar refractivity (Wildman–Crippen MR) is 89.6 cm³/mol. The van der Waals surface area contributed by atoms with E-state index in [-0.39, 0.29) is 16.7 Å². The molecule has 0 amide bonds. The highest BCUT2D eigenvalue weighted by molar-refractivity contribution is 8.04. The minimum atomic E-state index is -0.828. The highest BCUT2D eigenvalue weighted by atomic mass is 32.2. The number of carbonyl (C=O) groups excluding carboxylic acids is 1. The second kappa shape index (κ2) is 7.39. The maximum atomic E-state index is 11.3. The van der Waals surface area contributed by atoms with Crippen LogP contribution in [0, 0.1) is 33.3 Å². The first kappa shape index (κ1) is 19.6. The Morgan fingerprint density at radius 1 is 1.48 bits per heavy atom. The summed E-state index contributed by atoms with van der Waals surface area (Å²) in [4.78, 5) is 21.2. The number of methoxy groups -OCH3 is 1. The largest absolute Gasteiger partial charge is 0.480 e. The Bertz CT molecular complexity index is 525. The smallest absolute Gasteiger partial charge is 0.329 e. The standard InChI is InChI=1S/C13H19NO2S.C4H6O2/c1-12(2)8-4-5-13(12,3)9(6-8)10(11(15)16)17-7-14;1-3-4(5)6-2/h8-10H,4-6H2,1-3H3,(H,15,16);3H,1H2,2H3/t8-,9?,10?,13-;/m1./s1. The number of aliphatic carboxylic acids is 1. The van der Waals surface area contributed by atoms with Crippen LogP contribution < -0.4 is 0 Å². The molecule has 128 valence electrons. The van der Waals surface area contributed by atoms with Crippen LogP contribution in [0.4, 0.5) is 0 Å². The average Bonchev–Trinajstić information content (AvgIpc) is 2.85. The molecule has 23 heavy (non-hydrogen) atoms. The number of carboxylic acid groups (broad SMARTS) is 1. The topological polar surface area (TPSA) is 87.4 Å². The van der Waals surface area contributed by atoms with E-state index >= 15 is 0 Å². The van der Waals surface area contributed by atoms with E-state index in [1.165, 1.54) is 13.5 Å². The van der Waals surface area contributed by atoms with Gasteiger partial charge in [-0.15, -0.1) is 0 Å². The summed E-state index contributed by atoms with van der Waals surface area (Å²) in [5.74, 6) is -0.460. The van der Waals surface area contributed by atoms with E-state index in [2.05, 4.69) is 32.1 Å². The maximum Gasteiger partial charge on any atom is 0.329 e. The molecule has 4 atom stereocenters. The zero-order valence-electron chi connectivity index (χ0n) is 14.2. The van der Waals surface area contributed by atoms with Crippen molar-refractivity contribution in [3.05, 3.63) is 12.7 Å². The Labute approximate surface area is 142 Å². The number of nitrogens with zero attached hydrogens (tertiary/aromatic N) is 1. The zero-order valence-corrected chi connectivity index (χ0v) is 15.0. The molecule has 5 nitrogen and oxygen atoms in total. The van der Waals surface area contributed by atoms with Gasteiger partial charge in [0.1, 0.15) is 10.7 Å². The van der Waals surface area contributed by atoms with Crippen molar-refractivity contribution in [1.29, 1.82) is 5.26 Å². The SMILES string of the molecule is C=CC(=O)OC.CC1(C)[C@@H]2CC[C@]1(C)C(C(SC#N)C(=O)O)C2. The van der Waals surface area contributed by atoms with Gasteiger partial charge in [-0.25, -0.2) is 4.79 Å². The first-order valence-corrected chi connectivity index (χ1v) is 8.51. The van der Waals surface area contributed by atoms with Crippen LogP contribution in [0.5, 0.6) is 0 Å². The zero-order chi connectivity index (χ0) is 17.8. The van der Waals surface area contributed by atoms with Gasteiger partial charge in [-0.2, -0.15) is 5.26 Å². The minimum Gasteiger partial charge on any atom is -0.480 e. The van der Waals surface area contributed by atoms with Crippen molar-refractivity contribution >= 4 is 23.7 Å². The van der Waals surface area contributed by atoms with Crippen molar-refractivity contribution in [2.45, 2.75) is 45.3 Å². The van der Waals surface area contributed by atoms with E-state index in [9.17, 15) is 14.7 Å². The molecule has 2 bridgehead atoms. The molecule has 0 aromatic carbocycles. The fourth-order valence-electron chi connectivity index (χ4n) is 4.17. The highest BCUT2D eigenvalue weighted by Crippen LogP contribution is 2.69.